The third kappa shape index (κ3) is 3.36. The van der Waals surface area contributed by atoms with Gasteiger partial charge in [-0.15, -0.1) is 0 Å². The van der Waals surface area contributed by atoms with E-state index in [1.807, 2.05) is 0 Å². The zero-order chi connectivity index (χ0) is 22.8. The molecule has 0 radical (unpaired) electrons. The van der Waals surface area contributed by atoms with Crippen LogP contribution >= 0.6 is 16.9 Å². The molecule has 1 atom stereocenters. The van der Waals surface area contributed by atoms with Crippen molar-refractivity contribution in [2.75, 3.05) is 0 Å². The van der Waals surface area contributed by atoms with Crippen LogP contribution in [-0.4, -0.2) is 5.99 Å². The quantitative estimate of drug-likeness (QED) is 0.204. The van der Waals surface area contributed by atoms with Gasteiger partial charge in [0.05, 0.1) is 10.6 Å². The Morgan fingerprint density at radius 2 is 1.25 bits per heavy atom. The van der Waals surface area contributed by atoms with E-state index < -0.39 is 5.67 Å². The normalized spacial score (nSPS) is 17.8. The summed E-state index contributed by atoms with van der Waals surface area (Å²) >= 11 is 8.84. The summed E-state index contributed by atoms with van der Waals surface area (Å²) in [6.07, 6.45) is 0. The largest absolute Gasteiger partial charge is 0.534 e. The van der Waals surface area contributed by atoms with Crippen LogP contribution in [0.25, 0.3) is 10.8 Å². The lowest BCUT2D eigenvalue weighted by atomic mass is 9.57. The first kappa shape index (κ1) is 22.1. The van der Waals surface area contributed by atoms with Crippen LogP contribution in [-0.2, 0) is 12.2 Å². The minimum atomic E-state index is -2.09. The summed E-state index contributed by atoms with van der Waals surface area (Å²) in [5, 5.41) is 5.47. The van der Waals surface area contributed by atoms with Crippen LogP contribution in [0.5, 0.6) is 0 Å². The first-order valence-corrected chi connectivity index (χ1v) is 15.5. The van der Waals surface area contributed by atoms with Gasteiger partial charge >= 0.3 is 5.99 Å². The zero-order valence-electron chi connectivity index (χ0n) is 19.6. The second-order valence-electron chi connectivity index (χ2n) is 9.32. The summed E-state index contributed by atoms with van der Waals surface area (Å²) in [7, 11) is 0. The lowest BCUT2D eigenvalue weighted by molar-refractivity contribution is 1.35. The fraction of sp³-hybridized carbons (Fsp3) is 0.214. The van der Waals surface area contributed by atoms with Crippen molar-refractivity contribution in [1.82, 2.24) is 0 Å². The molecule has 0 saturated carbocycles. The molecule has 160 valence electrons. The van der Waals surface area contributed by atoms with Gasteiger partial charge in [0.2, 0.25) is 0 Å². The van der Waals surface area contributed by atoms with E-state index in [4.69, 9.17) is 12.2 Å². The average molecular weight is 470 g/mol. The van der Waals surface area contributed by atoms with Gasteiger partial charge in [0.1, 0.15) is 0 Å². The molecule has 0 aliphatic carbocycles. The van der Waals surface area contributed by atoms with Gasteiger partial charge in [0.15, 0.2) is 0 Å². The van der Waals surface area contributed by atoms with Crippen molar-refractivity contribution in [1.29, 1.82) is 0 Å². The second-order valence-corrected chi connectivity index (χ2v) is 16.6. The maximum Gasteiger partial charge on any atom is 0.326 e. The lowest BCUT2D eigenvalue weighted by Crippen LogP contribution is -2.48. The molecule has 0 amide bonds. The number of hydrogen-bond donors (Lipinski definition) is 0. The SMILES string of the molecule is Cc1cc(C)c(B2S[P+]([S-])(c3c(C)cc(C)cc3C)c3cccc4cccc2c34)c(C)c1. The topological polar surface area (TPSA) is 0 Å². The van der Waals surface area contributed by atoms with Crippen molar-refractivity contribution in [3.05, 3.63) is 94.0 Å². The van der Waals surface area contributed by atoms with E-state index in [-0.39, 0.29) is 5.99 Å². The maximum absolute atomic E-state index is 6.79. The Balaban J connectivity index is 1.88. The van der Waals surface area contributed by atoms with Gasteiger partial charge in [0, 0.05) is 11.1 Å². The molecule has 1 aliphatic heterocycles. The standard InChI is InChI=1S/C28H28BPS2/c1-17-13-19(3)27(20(4)14-17)29-24-11-7-9-23-10-8-12-25(26(23)24)30(31,32-29)28-21(5)15-18(2)16-22(28)6/h7-16H,1-6H3. The molecular weight excluding hydrogens is 442 g/mol. The van der Waals surface area contributed by atoms with Crippen molar-refractivity contribution >= 4 is 67.4 Å². The molecule has 4 aromatic carbocycles. The van der Waals surface area contributed by atoms with Gasteiger partial charge in [-0.25, -0.2) is 0 Å². The molecule has 1 unspecified atom stereocenters. The highest BCUT2D eigenvalue weighted by atomic mass is 33.1. The predicted octanol–water partition coefficient (Wildman–Crippen LogP) is 5.89. The van der Waals surface area contributed by atoms with Crippen molar-refractivity contribution in [2.24, 2.45) is 0 Å². The summed E-state index contributed by atoms with van der Waals surface area (Å²) < 4.78 is 0. The van der Waals surface area contributed by atoms with Crippen molar-refractivity contribution < 1.29 is 0 Å². The molecular formula is C28H28BPS2. The fourth-order valence-corrected chi connectivity index (χ4v) is 14.8. The second kappa shape index (κ2) is 7.98. The highest BCUT2D eigenvalue weighted by Gasteiger charge is 2.46. The van der Waals surface area contributed by atoms with Crippen LogP contribution in [0.15, 0.2) is 60.7 Å². The minimum absolute atomic E-state index is 0.250. The van der Waals surface area contributed by atoms with Crippen LogP contribution in [0.4, 0.5) is 0 Å². The van der Waals surface area contributed by atoms with E-state index in [9.17, 15) is 0 Å². The number of hydrogen-bond acceptors (Lipinski definition) is 2. The van der Waals surface area contributed by atoms with Crippen LogP contribution in [0, 0.1) is 41.5 Å². The molecule has 1 heterocycles. The number of rotatable bonds is 2. The fourth-order valence-electron chi connectivity index (χ4n) is 5.70. The van der Waals surface area contributed by atoms with E-state index >= 15 is 0 Å². The molecule has 0 bridgehead atoms. The molecule has 0 aromatic heterocycles. The first-order valence-electron chi connectivity index (χ1n) is 11.2. The van der Waals surface area contributed by atoms with Gasteiger partial charge in [-0.2, -0.15) is 0 Å². The molecule has 0 nitrogen and oxygen atoms in total. The molecule has 0 saturated heterocycles. The Morgan fingerprint density at radius 1 is 0.719 bits per heavy atom. The Labute approximate surface area is 202 Å². The monoisotopic (exact) mass is 470 g/mol. The highest BCUT2D eigenvalue weighted by molar-refractivity contribution is 8.97. The van der Waals surface area contributed by atoms with Crippen LogP contribution < -0.4 is 21.5 Å². The number of benzene rings is 4. The first-order chi connectivity index (χ1) is 15.2. The Hall–Kier alpha value is -1.67. The summed E-state index contributed by atoms with van der Waals surface area (Å²) in [6.45, 7) is 13.4. The Kier molecular flexibility index (Phi) is 5.52. The molecule has 4 aromatic rings. The number of aryl methyl sites for hydroxylation is 6. The molecule has 32 heavy (non-hydrogen) atoms. The minimum Gasteiger partial charge on any atom is -0.534 e. The van der Waals surface area contributed by atoms with Gasteiger partial charge in [0.25, 0.3) is 0 Å². The summed E-state index contributed by atoms with van der Waals surface area (Å²) in [6, 6.07) is 22.8. The third-order valence-electron chi connectivity index (χ3n) is 6.70. The maximum atomic E-state index is 6.79. The molecule has 4 heteroatoms. The summed E-state index contributed by atoms with van der Waals surface area (Å²) in [4.78, 5) is 0. The van der Waals surface area contributed by atoms with E-state index in [0.717, 1.165) is 0 Å². The lowest BCUT2D eigenvalue weighted by Gasteiger charge is -2.40. The van der Waals surface area contributed by atoms with E-state index in [0.29, 0.717) is 0 Å². The van der Waals surface area contributed by atoms with Crippen molar-refractivity contribution in [2.45, 2.75) is 41.5 Å². The molecule has 0 N–H and O–H groups in total. The van der Waals surface area contributed by atoms with E-state index in [2.05, 4.69) is 113 Å². The van der Waals surface area contributed by atoms with Gasteiger partial charge in [-0.05, 0) is 80.8 Å². The zero-order valence-corrected chi connectivity index (χ0v) is 22.1. The predicted molar refractivity (Wildman–Crippen MR) is 151 cm³/mol. The molecule has 0 spiro atoms. The van der Waals surface area contributed by atoms with E-state index in [1.54, 1.807) is 0 Å². The molecule has 1 aliphatic rings. The summed E-state index contributed by atoms with van der Waals surface area (Å²) in [5.74, 6) is 0.250. The van der Waals surface area contributed by atoms with Gasteiger partial charge < -0.3 is 12.2 Å². The smallest absolute Gasteiger partial charge is 0.326 e. The van der Waals surface area contributed by atoms with Crippen molar-refractivity contribution in [3.63, 3.8) is 0 Å². The molecule has 5 rings (SSSR count). The van der Waals surface area contributed by atoms with Crippen LogP contribution in [0.3, 0.4) is 0 Å². The van der Waals surface area contributed by atoms with Gasteiger partial charge in [-0.1, -0.05) is 82.3 Å². The average Bonchev–Trinajstić information content (AvgIpc) is 2.70. The van der Waals surface area contributed by atoms with Crippen LogP contribution in [0.2, 0.25) is 0 Å². The highest BCUT2D eigenvalue weighted by Crippen LogP contribution is 2.69. The van der Waals surface area contributed by atoms with Gasteiger partial charge in [-0.3, -0.25) is 0 Å². The third-order valence-corrected chi connectivity index (χ3v) is 14.6. The van der Waals surface area contributed by atoms with Crippen LogP contribution in [0.1, 0.15) is 33.4 Å². The summed E-state index contributed by atoms with van der Waals surface area (Å²) in [5.41, 5.74) is 8.83. The van der Waals surface area contributed by atoms with E-state index in [1.165, 1.54) is 65.7 Å². The molecule has 0 fully saturated rings. The Morgan fingerprint density at radius 3 is 1.84 bits per heavy atom. The Bertz CT molecular complexity index is 1340. The van der Waals surface area contributed by atoms with Crippen molar-refractivity contribution in [3.8, 4) is 0 Å².